The third kappa shape index (κ3) is 4.54. The summed E-state index contributed by atoms with van der Waals surface area (Å²) in [5.41, 5.74) is 12.3. The molecule has 6 aromatic carbocycles. The van der Waals surface area contributed by atoms with Crippen molar-refractivity contribution in [3.05, 3.63) is 163 Å². The van der Waals surface area contributed by atoms with Crippen molar-refractivity contribution < 1.29 is 0 Å². The molecule has 222 valence electrons. The molecular weight excluding hydrogens is 571 g/mol. The summed E-state index contributed by atoms with van der Waals surface area (Å²) in [6.07, 6.45) is 1.83. The SMILES string of the molecule is CC1(C)c2ccccc2-c2cc3c(ccc4cc(-c5cc(-c6cccc(-c7ccccn7)c6)nc(-c6ccccc6)n5)ccc43)cc21. The molecule has 0 bridgehead atoms. The van der Waals surface area contributed by atoms with Crippen LogP contribution in [0.5, 0.6) is 0 Å². The van der Waals surface area contributed by atoms with Gasteiger partial charge in [-0.1, -0.05) is 117 Å². The normalized spacial score (nSPS) is 13.1. The van der Waals surface area contributed by atoms with E-state index in [1.165, 1.54) is 43.8 Å². The van der Waals surface area contributed by atoms with Crippen LogP contribution < -0.4 is 0 Å². The minimum absolute atomic E-state index is 0.0166. The van der Waals surface area contributed by atoms with E-state index < -0.39 is 0 Å². The van der Waals surface area contributed by atoms with E-state index in [0.29, 0.717) is 5.82 Å². The van der Waals surface area contributed by atoms with Gasteiger partial charge in [0.05, 0.1) is 17.1 Å². The van der Waals surface area contributed by atoms with Gasteiger partial charge < -0.3 is 0 Å². The highest BCUT2D eigenvalue weighted by Gasteiger charge is 2.35. The molecule has 0 saturated heterocycles. The minimum atomic E-state index is -0.0166. The first-order valence-corrected chi connectivity index (χ1v) is 16.1. The van der Waals surface area contributed by atoms with Gasteiger partial charge >= 0.3 is 0 Å². The second-order valence-corrected chi connectivity index (χ2v) is 12.9. The van der Waals surface area contributed by atoms with E-state index in [-0.39, 0.29) is 5.41 Å². The van der Waals surface area contributed by atoms with Crippen LogP contribution in [0.1, 0.15) is 25.0 Å². The van der Waals surface area contributed by atoms with Crippen LogP contribution in [0.15, 0.2) is 152 Å². The summed E-state index contributed by atoms with van der Waals surface area (Å²) >= 11 is 0. The van der Waals surface area contributed by atoms with Crippen molar-refractivity contribution in [3.63, 3.8) is 0 Å². The van der Waals surface area contributed by atoms with Gasteiger partial charge in [0.25, 0.3) is 0 Å². The number of benzene rings is 6. The lowest BCUT2D eigenvalue weighted by Crippen LogP contribution is -2.14. The Balaban J connectivity index is 1.19. The predicted molar refractivity (Wildman–Crippen MR) is 194 cm³/mol. The van der Waals surface area contributed by atoms with E-state index in [0.717, 1.165) is 39.3 Å². The molecule has 3 heteroatoms. The Kier molecular flexibility index (Phi) is 6.16. The molecule has 0 aliphatic heterocycles. The molecule has 3 nitrogen and oxygen atoms in total. The van der Waals surface area contributed by atoms with Crippen LogP contribution in [-0.2, 0) is 5.41 Å². The largest absolute Gasteiger partial charge is 0.256 e. The van der Waals surface area contributed by atoms with Crippen LogP contribution in [0.25, 0.3) is 77.8 Å². The zero-order valence-corrected chi connectivity index (χ0v) is 26.3. The second kappa shape index (κ2) is 10.6. The number of hydrogen-bond donors (Lipinski definition) is 0. The molecule has 9 rings (SSSR count). The molecule has 0 fully saturated rings. The summed E-state index contributed by atoms with van der Waals surface area (Å²) in [6, 6.07) is 51.7. The third-order valence-electron chi connectivity index (χ3n) is 9.71. The van der Waals surface area contributed by atoms with E-state index >= 15 is 0 Å². The van der Waals surface area contributed by atoms with Gasteiger partial charge in [0.15, 0.2) is 5.82 Å². The number of fused-ring (bicyclic) bond motifs is 6. The van der Waals surface area contributed by atoms with Crippen molar-refractivity contribution in [3.8, 4) is 56.3 Å². The highest BCUT2D eigenvalue weighted by Crippen LogP contribution is 2.50. The molecular formula is C44H31N3. The Labute approximate surface area is 274 Å². The fraction of sp³-hybridized carbons (Fsp3) is 0.0682. The zero-order chi connectivity index (χ0) is 31.5. The molecule has 1 aliphatic rings. The Hall–Kier alpha value is -5.93. The quantitative estimate of drug-likeness (QED) is 0.188. The van der Waals surface area contributed by atoms with Crippen molar-refractivity contribution >= 4 is 21.5 Å². The van der Waals surface area contributed by atoms with Crippen molar-refractivity contribution in [2.45, 2.75) is 19.3 Å². The van der Waals surface area contributed by atoms with Gasteiger partial charge in [-0.2, -0.15) is 0 Å². The summed E-state index contributed by atoms with van der Waals surface area (Å²) in [4.78, 5) is 14.8. The maximum atomic E-state index is 5.11. The molecule has 47 heavy (non-hydrogen) atoms. The van der Waals surface area contributed by atoms with E-state index in [1.54, 1.807) is 0 Å². The van der Waals surface area contributed by atoms with Crippen LogP contribution in [0.4, 0.5) is 0 Å². The number of nitrogens with zero attached hydrogens (tertiary/aromatic N) is 3. The van der Waals surface area contributed by atoms with Gasteiger partial charge in [0.2, 0.25) is 0 Å². The lowest BCUT2D eigenvalue weighted by Gasteiger charge is -2.21. The number of hydrogen-bond acceptors (Lipinski definition) is 3. The topological polar surface area (TPSA) is 38.7 Å². The molecule has 2 aromatic heterocycles. The Bertz CT molecular complexity index is 2480. The molecule has 1 aliphatic carbocycles. The highest BCUT2D eigenvalue weighted by molar-refractivity contribution is 6.10. The van der Waals surface area contributed by atoms with Crippen LogP contribution in [0.3, 0.4) is 0 Å². The number of pyridine rings is 1. The monoisotopic (exact) mass is 601 g/mol. The Morgan fingerprint density at radius 2 is 1.11 bits per heavy atom. The second-order valence-electron chi connectivity index (χ2n) is 12.9. The van der Waals surface area contributed by atoms with E-state index in [9.17, 15) is 0 Å². The van der Waals surface area contributed by atoms with Crippen molar-refractivity contribution in [1.29, 1.82) is 0 Å². The molecule has 0 saturated carbocycles. The van der Waals surface area contributed by atoms with Crippen LogP contribution in [0.2, 0.25) is 0 Å². The van der Waals surface area contributed by atoms with E-state index in [4.69, 9.17) is 9.97 Å². The summed E-state index contributed by atoms with van der Waals surface area (Å²) in [6.45, 7) is 4.68. The van der Waals surface area contributed by atoms with Crippen LogP contribution in [0, 0.1) is 0 Å². The summed E-state index contributed by atoms with van der Waals surface area (Å²) < 4.78 is 0. The maximum Gasteiger partial charge on any atom is 0.160 e. The first kappa shape index (κ1) is 27.4. The molecule has 0 N–H and O–H groups in total. The third-order valence-corrected chi connectivity index (χ3v) is 9.71. The highest BCUT2D eigenvalue weighted by atomic mass is 14.9. The van der Waals surface area contributed by atoms with Gasteiger partial charge in [-0.15, -0.1) is 0 Å². The van der Waals surface area contributed by atoms with E-state index in [1.807, 2.05) is 42.6 Å². The van der Waals surface area contributed by atoms with Crippen LogP contribution in [-0.4, -0.2) is 15.0 Å². The smallest absolute Gasteiger partial charge is 0.160 e. The standard InChI is InChI=1S/C44H31N3/c1-44(2)38-16-7-6-15-35(38)37-26-36-30(25-39(37)44)19-18-29-23-33(20-21-34(29)36)42-27-41(46-43(47-42)28-11-4-3-5-12-28)32-14-10-13-31(24-32)40-17-8-9-22-45-40/h3-27H,1-2H3. The maximum absolute atomic E-state index is 5.11. The van der Waals surface area contributed by atoms with E-state index in [2.05, 4.69) is 128 Å². The van der Waals surface area contributed by atoms with Crippen molar-refractivity contribution in [2.24, 2.45) is 0 Å². The van der Waals surface area contributed by atoms with Gasteiger partial charge in [-0.3, -0.25) is 4.98 Å². The summed E-state index contributed by atoms with van der Waals surface area (Å²) in [5, 5.41) is 4.99. The Morgan fingerprint density at radius 1 is 0.426 bits per heavy atom. The average molecular weight is 602 g/mol. The number of aromatic nitrogens is 3. The fourth-order valence-electron chi connectivity index (χ4n) is 7.25. The van der Waals surface area contributed by atoms with Crippen LogP contribution >= 0.6 is 0 Å². The zero-order valence-electron chi connectivity index (χ0n) is 26.3. The van der Waals surface area contributed by atoms with Crippen molar-refractivity contribution in [2.75, 3.05) is 0 Å². The lowest BCUT2D eigenvalue weighted by molar-refractivity contribution is 0.661. The van der Waals surface area contributed by atoms with Crippen molar-refractivity contribution in [1.82, 2.24) is 15.0 Å². The first-order chi connectivity index (χ1) is 23.0. The minimum Gasteiger partial charge on any atom is -0.256 e. The molecule has 0 spiro atoms. The molecule has 2 heterocycles. The van der Waals surface area contributed by atoms with Gasteiger partial charge in [-0.05, 0) is 86.3 Å². The van der Waals surface area contributed by atoms with Gasteiger partial charge in [0, 0.05) is 33.9 Å². The number of rotatable bonds is 4. The lowest BCUT2D eigenvalue weighted by atomic mass is 9.81. The fourth-order valence-corrected chi connectivity index (χ4v) is 7.25. The molecule has 0 unspecified atom stereocenters. The first-order valence-electron chi connectivity index (χ1n) is 16.1. The Morgan fingerprint density at radius 3 is 1.89 bits per heavy atom. The summed E-state index contributed by atoms with van der Waals surface area (Å²) in [5.74, 6) is 0.705. The summed E-state index contributed by atoms with van der Waals surface area (Å²) in [7, 11) is 0. The van der Waals surface area contributed by atoms with Gasteiger partial charge in [-0.25, -0.2) is 9.97 Å². The van der Waals surface area contributed by atoms with Gasteiger partial charge in [0.1, 0.15) is 0 Å². The molecule has 8 aromatic rings. The predicted octanol–water partition coefficient (Wildman–Crippen LogP) is 11.2. The average Bonchev–Trinajstić information content (AvgIpc) is 3.36. The molecule has 0 amide bonds. The molecule has 0 atom stereocenters. The molecule has 0 radical (unpaired) electrons.